The van der Waals surface area contributed by atoms with Gasteiger partial charge in [-0.05, 0) is 53.4 Å². The molecule has 0 aliphatic carbocycles. The molecule has 1 fully saturated rings. The van der Waals surface area contributed by atoms with Crippen molar-refractivity contribution in [3.63, 3.8) is 0 Å². The number of amides is 2. The summed E-state index contributed by atoms with van der Waals surface area (Å²) in [5.74, 6) is -5.16. The molecule has 0 radical (unpaired) electrons. The zero-order chi connectivity index (χ0) is 36.9. The molecular formula is C31H47F2N5O10. The van der Waals surface area contributed by atoms with E-state index in [1.807, 2.05) is 0 Å². The Bertz CT molecular complexity index is 1420. The number of nitrogens with one attached hydrogen (secondary N) is 2. The second-order valence-electron chi connectivity index (χ2n) is 14.0. The molecule has 48 heavy (non-hydrogen) atoms. The van der Waals surface area contributed by atoms with Gasteiger partial charge in [0.15, 0.2) is 35.7 Å². The highest BCUT2D eigenvalue weighted by Gasteiger charge is 2.59. The fraction of sp³-hybridized carbons (Fsp3) is 0.677. The van der Waals surface area contributed by atoms with Crippen LogP contribution in [-0.4, -0.2) is 81.4 Å². The van der Waals surface area contributed by atoms with Crippen molar-refractivity contribution >= 4 is 29.9 Å². The monoisotopic (exact) mass is 687 g/mol. The number of carbonyl (C=O) groups excluding carboxylic acids is 4. The number of nitrogens with zero attached hydrogens (tertiary/aromatic N) is 2. The molecule has 4 N–H and O–H groups in total. The Morgan fingerprint density at radius 2 is 1.50 bits per heavy atom. The number of alkyl halides is 1. The lowest BCUT2D eigenvalue weighted by Gasteiger charge is -2.33. The molecule has 0 saturated carbocycles. The number of rotatable bonds is 11. The van der Waals surface area contributed by atoms with Gasteiger partial charge in [0.25, 0.3) is 0 Å². The van der Waals surface area contributed by atoms with Crippen LogP contribution in [0.4, 0.5) is 24.2 Å². The highest BCUT2D eigenvalue weighted by atomic mass is 19.1. The molecule has 6 atom stereocenters. The minimum atomic E-state index is -2.41. The first kappa shape index (κ1) is 39.9. The van der Waals surface area contributed by atoms with Gasteiger partial charge in [-0.15, -0.1) is 0 Å². The minimum absolute atomic E-state index is 0.462. The van der Waals surface area contributed by atoms with Crippen LogP contribution in [0, 0.1) is 17.7 Å². The van der Waals surface area contributed by atoms with Gasteiger partial charge in [0.2, 0.25) is 0 Å². The number of esters is 2. The van der Waals surface area contributed by atoms with E-state index in [2.05, 4.69) is 22.2 Å². The van der Waals surface area contributed by atoms with Gasteiger partial charge >= 0.3 is 29.8 Å². The Balaban J connectivity index is 2.49. The maximum atomic E-state index is 16.4. The molecule has 2 amide bonds. The summed E-state index contributed by atoms with van der Waals surface area (Å²) in [6, 6.07) is -2.61. The number of carbonyl (C=O) groups is 4. The maximum absolute atomic E-state index is 16.4. The smallest absolute Gasteiger partial charge is 0.408 e. The molecule has 1 aromatic heterocycles. The van der Waals surface area contributed by atoms with Crippen molar-refractivity contribution in [3.05, 3.63) is 35.2 Å². The number of halogens is 2. The zero-order valence-corrected chi connectivity index (χ0v) is 28.9. The van der Waals surface area contributed by atoms with E-state index < -0.39 is 107 Å². The predicted molar refractivity (Wildman–Crippen MR) is 168 cm³/mol. The summed E-state index contributed by atoms with van der Waals surface area (Å²) in [6.45, 7) is 18.9. The summed E-state index contributed by atoms with van der Waals surface area (Å²) >= 11 is 0. The molecule has 0 spiro atoms. The van der Waals surface area contributed by atoms with Crippen molar-refractivity contribution in [2.24, 2.45) is 11.8 Å². The highest BCUT2D eigenvalue weighted by Crippen LogP contribution is 2.42. The second-order valence-corrected chi connectivity index (χ2v) is 14.0. The van der Waals surface area contributed by atoms with E-state index in [1.54, 1.807) is 69.2 Å². The number of aromatic nitrogens is 2. The average Bonchev–Trinajstić information content (AvgIpc) is 3.19. The predicted octanol–water partition coefficient (Wildman–Crippen LogP) is 3.31. The minimum Gasteiger partial charge on any atom is -0.461 e. The van der Waals surface area contributed by atoms with Gasteiger partial charge in [0.05, 0.1) is 6.20 Å². The molecule has 0 bridgehead atoms. The van der Waals surface area contributed by atoms with E-state index in [0.717, 1.165) is 6.08 Å². The Kier molecular flexibility index (Phi) is 12.7. The summed E-state index contributed by atoms with van der Waals surface area (Å²) < 4.78 is 58.6. The van der Waals surface area contributed by atoms with Crippen LogP contribution in [0.3, 0.4) is 0 Å². The summed E-state index contributed by atoms with van der Waals surface area (Å²) in [5, 5.41) is 4.82. The van der Waals surface area contributed by atoms with Gasteiger partial charge in [-0.3, -0.25) is 4.57 Å². The van der Waals surface area contributed by atoms with E-state index in [0.29, 0.717) is 10.8 Å². The van der Waals surface area contributed by atoms with Crippen LogP contribution in [0.5, 0.6) is 0 Å². The lowest BCUT2D eigenvalue weighted by molar-refractivity contribution is -0.172. The number of alkyl carbamates (subject to hydrolysis) is 2. The summed E-state index contributed by atoms with van der Waals surface area (Å²) in [7, 11) is 0. The van der Waals surface area contributed by atoms with Crippen LogP contribution in [0.15, 0.2) is 23.6 Å². The fourth-order valence-corrected chi connectivity index (χ4v) is 4.47. The van der Waals surface area contributed by atoms with Crippen molar-refractivity contribution in [2.75, 3.05) is 12.3 Å². The number of ether oxygens (including phenoxy) is 5. The Hall–Kier alpha value is -4.28. The normalized spacial score (nSPS) is 22.4. The number of hydrogen-bond donors (Lipinski definition) is 3. The summed E-state index contributed by atoms with van der Waals surface area (Å²) in [5.41, 5.74) is 0.213. The lowest BCUT2D eigenvalue weighted by atomic mass is 9.95. The number of hydrogen-bond acceptors (Lipinski definition) is 12. The molecule has 2 rings (SSSR count). The van der Waals surface area contributed by atoms with E-state index in [9.17, 15) is 28.4 Å². The van der Waals surface area contributed by atoms with Crippen LogP contribution in [0.2, 0.25) is 0 Å². The molecule has 1 aliphatic rings. The maximum Gasteiger partial charge on any atom is 0.408 e. The van der Waals surface area contributed by atoms with Gasteiger partial charge < -0.3 is 40.1 Å². The molecule has 270 valence electrons. The molecule has 0 unspecified atom stereocenters. The van der Waals surface area contributed by atoms with Crippen molar-refractivity contribution < 1.29 is 51.6 Å². The lowest BCUT2D eigenvalue weighted by Crippen LogP contribution is -2.53. The van der Waals surface area contributed by atoms with Gasteiger partial charge in [-0.25, -0.2) is 32.8 Å². The fourth-order valence-electron chi connectivity index (χ4n) is 4.47. The van der Waals surface area contributed by atoms with E-state index in [4.69, 9.17) is 29.4 Å². The third-order valence-corrected chi connectivity index (χ3v) is 6.81. The Labute approximate surface area is 277 Å². The largest absolute Gasteiger partial charge is 0.461 e. The van der Waals surface area contributed by atoms with E-state index >= 15 is 4.39 Å². The summed E-state index contributed by atoms with van der Waals surface area (Å²) in [6.07, 6.45) is -6.67. The number of nitrogen functional groups attached to an aromatic ring is 1. The number of nitrogens with two attached hydrogens (primary N) is 1. The molecule has 17 heteroatoms. The molecule has 0 aromatic carbocycles. The third-order valence-electron chi connectivity index (χ3n) is 6.81. The topological polar surface area (TPSA) is 199 Å². The summed E-state index contributed by atoms with van der Waals surface area (Å²) in [4.78, 5) is 67.6. The van der Waals surface area contributed by atoms with Gasteiger partial charge in [-0.2, -0.15) is 4.98 Å². The SMILES string of the molecule is C=C[C@]1(COC(=O)[C@@H](NC(=O)OC(C)(C)C)C(C)C)O[C@@H](n2cc(F)c(N)nc2=O)[C@@H](F)[C@@H]1OC(=O)[C@@H](NC(=O)OC(C)(C)C)C(C)C. The van der Waals surface area contributed by atoms with Gasteiger partial charge in [-0.1, -0.05) is 40.3 Å². The van der Waals surface area contributed by atoms with Crippen LogP contribution in [0.25, 0.3) is 0 Å². The van der Waals surface area contributed by atoms with Gasteiger partial charge in [0, 0.05) is 0 Å². The first-order valence-electron chi connectivity index (χ1n) is 15.3. The average molecular weight is 688 g/mol. The van der Waals surface area contributed by atoms with Crippen molar-refractivity contribution in [3.8, 4) is 0 Å². The standard InChI is InChI=1S/C31H47F2N5O10/c1-12-31(14-44-24(39)19(15(2)3)35-27(42)47-29(6,7)8)21(18(33)23(46-31)38-13-17(32)22(34)37-26(38)41)45-25(40)20(16(4)5)36-28(43)48-30(9,10)11/h12-13,15-16,18-21,23H,1,14H2,2-11H3,(H,35,42)(H,36,43)(H2,34,37,41)/t18-,19-,20-,21-,23+,31+/m0/s1. The molecule has 15 nitrogen and oxygen atoms in total. The van der Waals surface area contributed by atoms with Crippen LogP contribution >= 0.6 is 0 Å². The first-order valence-corrected chi connectivity index (χ1v) is 15.3. The number of anilines is 1. The van der Waals surface area contributed by atoms with Crippen LogP contribution < -0.4 is 22.1 Å². The van der Waals surface area contributed by atoms with Crippen molar-refractivity contribution in [1.82, 2.24) is 20.2 Å². The quantitative estimate of drug-likeness (QED) is 0.174. The zero-order valence-electron chi connectivity index (χ0n) is 28.9. The second kappa shape index (κ2) is 15.3. The van der Waals surface area contributed by atoms with E-state index in [1.165, 1.54) is 0 Å². The van der Waals surface area contributed by atoms with Crippen molar-refractivity contribution in [1.29, 1.82) is 0 Å². The third kappa shape index (κ3) is 10.4. The molecule has 1 aromatic rings. The van der Waals surface area contributed by atoms with Crippen LogP contribution in [0.1, 0.15) is 75.5 Å². The highest BCUT2D eigenvalue weighted by molar-refractivity contribution is 5.82. The molecule has 1 saturated heterocycles. The van der Waals surface area contributed by atoms with Gasteiger partial charge in [0.1, 0.15) is 29.9 Å². The first-order chi connectivity index (χ1) is 21.9. The van der Waals surface area contributed by atoms with E-state index in [-0.39, 0.29) is 0 Å². The Morgan fingerprint density at radius 1 is 1.02 bits per heavy atom. The molecular weight excluding hydrogens is 640 g/mol. The van der Waals surface area contributed by atoms with Crippen LogP contribution in [-0.2, 0) is 33.3 Å². The van der Waals surface area contributed by atoms with Crippen molar-refractivity contribution in [2.45, 2.75) is 117 Å². The Morgan fingerprint density at radius 3 is 1.94 bits per heavy atom. The molecule has 1 aliphatic heterocycles. The molecule has 2 heterocycles.